The Balaban J connectivity index is 1.71. The van der Waals surface area contributed by atoms with Crippen molar-refractivity contribution in [2.45, 2.75) is 44.4 Å². The molecule has 0 bridgehead atoms. The maximum absolute atomic E-state index is 2.44. The van der Waals surface area contributed by atoms with E-state index in [1.165, 1.54) is 60.4 Å². The predicted octanol–water partition coefficient (Wildman–Crippen LogP) is 5.77. The molecule has 1 fully saturated rings. The lowest BCUT2D eigenvalue weighted by atomic mass is 9.79. The van der Waals surface area contributed by atoms with E-state index >= 15 is 0 Å². The minimum Gasteiger partial charge on any atom is -0.0836 e. The van der Waals surface area contributed by atoms with Gasteiger partial charge in [-0.1, -0.05) is 48.1 Å². The monoisotopic (exact) mass is 272 g/mol. The van der Waals surface area contributed by atoms with Crippen molar-refractivity contribution in [2.24, 2.45) is 0 Å². The molecule has 0 saturated heterocycles. The number of fused-ring (bicyclic) bond motifs is 4. The molecule has 0 N–H and O–H groups in total. The summed E-state index contributed by atoms with van der Waals surface area (Å²) in [7, 11) is 0. The van der Waals surface area contributed by atoms with E-state index in [1.807, 2.05) is 0 Å². The molecule has 0 heterocycles. The van der Waals surface area contributed by atoms with Gasteiger partial charge in [0, 0.05) is 0 Å². The van der Waals surface area contributed by atoms with Crippen molar-refractivity contribution in [1.29, 1.82) is 0 Å². The largest absolute Gasteiger partial charge is 0.0836 e. The minimum atomic E-state index is 0.848. The molecular weight excluding hydrogens is 252 g/mol. The van der Waals surface area contributed by atoms with Crippen LogP contribution in [0.4, 0.5) is 0 Å². The van der Waals surface area contributed by atoms with Gasteiger partial charge in [-0.05, 0) is 77.5 Å². The van der Waals surface area contributed by atoms with Crippen LogP contribution in [0.25, 0.3) is 16.3 Å². The molecule has 0 aromatic heterocycles. The van der Waals surface area contributed by atoms with Gasteiger partial charge in [-0.15, -0.1) is 0 Å². The van der Waals surface area contributed by atoms with Gasteiger partial charge in [0.1, 0.15) is 0 Å². The smallest absolute Gasteiger partial charge is 0.0145 e. The topological polar surface area (TPSA) is 0 Å². The molecule has 3 aliphatic rings. The van der Waals surface area contributed by atoms with E-state index in [-0.39, 0.29) is 0 Å². The van der Waals surface area contributed by atoms with Crippen LogP contribution < -0.4 is 0 Å². The standard InChI is InChI=1S/C21H20/c1-2-4-18-15(3-1)7-11-21-19-10-8-16(14-5-6-14)13-17(19)9-12-20(18)21/h2,4,8-10,12-14H,1,3,5-7,11H2. The molecule has 0 atom stereocenters. The highest BCUT2D eigenvalue weighted by atomic mass is 14.3. The first-order valence-corrected chi connectivity index (χ1v) is 8.34. The molecule has 3 aliphatic carbocycles. The van der Waals surface area contributed by atoms with Crippen LogP contribution in [-0.4, -0.2) is 0 Å². The number of aryl methyl sites for hydroxylation is 1. The Hall–Kier alpha value is -1.82. The third-order valence-electron chi connectivity index (χ3n) is 5.45. The molecular formula is C21H20. The molecule has 0 aliphatic heterocycles. The number of hydrogen-bond acceptors (Lipinski definition) is 0. The zero-order valence-corrected chi connectivity index (χ0v) is 12.4. The van der Waals surface area contributed by atoms with Gasteiger partial charge in [0.2, 0.25) is 0 Å². The van der Waals surface area contributed by atoms with Crippen molar-refractivity contribution in [3.05, 3.63) is 64.7 Å². The summed E-state index contributed by atoms with van der Waals surface area (Å²) in [5.41, 5.74) is 7.84. The summed E-state index contributed by atoms with van der Waals surface area (Å²) in [5, 5.41) is 2.93. The summed E-state index contributed by atoms with van der Waals surface area (Å²) in [6.07, 6.45) is 12.5. The van der Waals surface area contributed by atoms with Crippen molar-refractivity contribution in [3.8, 4) is 0 Å². The predicted molar refractivity (Wildman–Crippen MR) is 89.5 cm³/mol. The van der Waals surface area contributed by atoms with Gasteiger partial charge >= 0.3 is 0 Å². The highest BCUT2D eigenvalue weighted by Gasteiger charge is 2.24. The number of rotatable bonds is 1. The van der Waals surface area contributed by atoms with Gasteiger partial charge in [-0.25, -0.2) is 0 Å². The number of benzene rings is 2. The van der Waals surface area contributed by atoms with E-state index in [4.69, 9.17) is 0 Å². The fraction of sp³-hybridized carbons (Fsp3) is 0.333. The van der Waals surface area contributed by atoms with Crippen LogP contribution in [0.2, 0.25) is 0 Å². The van der Waals surface area contributed by atoms with Crippen molar-refractivity contribution in [1.82, 2.24) is 0 Å². The Morgan fingerprint density at radius 1 is 0.905 bits per heavy atom. The quantitative estimate of drug-likeness (QED) is 0.618. The summed E-state index contributed by atoms with van der Waals surface area (Å²) in [4.78, 5) is 0. The summed E-state index contributed by atoms with van der Waals surface area (Å²) in [6.45, 7) is 0. The summed E-state index contributed by atoms with van der Waals surface area (Å²) < 4.78 is 0. The van der Waals surface area contributed by atoms with Crippen molar-refractivity contribution < 1.29 is 0 Å². The lowest BCUT2D eigenvalue weighted by Crippen LogP contribution is -2.07. The molecule has 5 rings (SSSR count). The minimum absolute atomic E-state index is 0.848. The van der Waals surface area contributed by atoms with Crippen LogP contribution in [0.15, 0.2) is 48.1 Å². The van der Waals surface area contributed by atoms with Crippen LogP contribution in [0.5, 0.6) is 0 Å². The van der Waals surface area contributed by atoms with Crippen LogP contribution in [-0.2, 0) is 6.42 Å². The lowest BCUT2D eigenvalue weighted by Gasteiger charge is -2.25. The summed E-state index contributed by atoms with van der Waals surface area (Å²) in [5.74, 6) is 0.848. The average Bonchev–Trinajstić information content (AvgIpc) is 3.38. The highest BCUT2D eigenvalue weighted by molar-refractivity contribution is 5.94. The molecule has 0 spiro atoms. The van der Waals surface area contributed by atoms with E-state index in [9.17, 15) is 0 Å². The highest BCUT2D eigenvalue weighted by Crippen LogP contribution is 2.43. The first-order valence-electron chi connectivity index (χ1n) is 8.34. The van der Waals surface area contributed by atoms with Gasteiger partial charge in [0.05, 0.1) is 0 Å². The van der Waals surface area contributed by atoms with Crippen molar-refractivity contribution >= 4 is 16.3 Å². The van der Waals surface area contributed by atoms with Crippen LogP contribution in [0.1, 0.15) is 54.7 Å². The molecule has 0 unspecified atom stereocenters. The maximum Gasteiger partial charge on any atom is -0.0145 e. The second-order valence-electron chi connectivity index (χ2n) is 6.80. The van der Waals surface area contributed by atoms with Gasteiger partial charge < -0.3 is 0 Å². The number of hydrogen-bond donors (Lipinski definition) is 0. The molecule has 0 heteroatoms. The molecule has 0 amide bonds. The summed E-state index contributed by atoms with van der Waals surface area (Å²) in [6, 6.07) is 11.9. The van der Waals surface area contributed by atoms with Gasteiger partial charge in [0.15, 0.2) is 0 Å². The van der Waals surface area contributed by atoms with E-state index in [0.29, 0.717) is 0 Å². The molecule has 0 nitrogen and oxygen atoms in total. The zero-order chi connectivity index (χ0) is 13.8. The third-order valence-corrected chi connectivity index (χ3v) is 5.45. The maximum atomic E-state index is 2.44. The normalized spacial score (nSPS) is 20.6. The van der Waals surface area contributed by atoms with Crippen molar-refractivity contribution in [3.63, 3.8) is 0 Å². The van der Waals surface area contributed by atoms with E-state index in [0.717, 1.165) is 5.92 Å². The first kappa shape index (κ1) is 11.8. The second kappa shape index (κ2) is 4.34. The van der Waals surface area contributed by atoms with E-state index in [1.54, 1.807) is 16.7 Å². The fourth-order valence-electron chi connectivity index (χ4n) is 4.13. The molecule has 21 heavy (non-hydrogen) atoms. The van der Waals surface area contributed by atoms with Gasteiger partial charge in [-0.2, -0.15) is 0 Å². The van der Waals surface area contributed by atoms with Gasteiger partial charge in [0.25, 0.3) is 0 Å². The fourth-order valence-corrected chi connectivity index (χ4v) is 4.13. The Morgan fingerprint density at radius 2 is 1.86 bits per heavy atom. The summed E-state index contributed by atoms with van der Waals surface area (Å²) >= 11 is 0. The first-order chi connectivity index (χ1) is 10.4. The molecule has 0 radical (unpaired) electrons. The Bertz CT molecular complexity index is 800. The molecule has 1 saturated carbocycles. The van der Waals surface area contributed by atoms with Gasteiger partial charge in [-0.3, -0.25) is 0 Å². The average molecular weight is 272 g/mol. The van der Waals surface area contributed by atoms with Crippen LogP contribution in [0.3, 0.4) is 0 Å². The lowest BCUT2D eigenvalue weighted by molar-refractivity contribution is 0.831. The zero-order valence-electron chi connectivity index (χ0n) is 12.4. The number of allylic oxidation sites excluding steroid dienone is 4. The second-order valence-corrected chi connectivity index (χ2v) is 6.80. The third kappa shape index (κ3) is 1.82. The van der Waals surface area contributed by atoms with E-state index in [2.05, 4.69) is 42.5 Å². The molecule has 2 aromatic carbocycles. The van der Waals surface area contributed by atoms with Crippen LogP contribution in [0, 0.1) is 0 Å². The van der Waals surface area contributed by atoms with Crippen molar-refractivity contribution in [2.75, 3.05) is 0 Å². The molecule has 2 aromatic rings. The Kier molecular flexibility index (Phi) is 2.44. The Labute approximate surface area is 126 Å². The molecule has 104 valence electrons. The SMILES string of the molecule is C1=CC2=C(CC1)CCc1c2ccc2cc(C3CC3)ccc12. The Morgan fingerprint density at radius 3 is 2.76 bits per heavy atom. The van der Waals surface area contributed by atoms with Crippen LogP contribution >= 0.6 is 0 Å². The van der Waals surface area contributed by atoms with E-state index < -0.39 is 0 Å².